The van der Waals surface area contributed by atoms with E-state index in [0.717, 1.165) is 5.56 Å². The highest BCUT2D eigenvalue weighted by atomic mass is 16.8. The Hall–Kier alpha value is -1.96. The minimum atomic E-state index is -0.981. The van der Waals surface area contributed by atoms with Gasteiger partial charge in [0.2, 0.25) is 0 Å². The minimum Gasteiger partial charge on any atom is -0.595 e. The van der Waals surface area contributed by atoms with Crippen LogP contribution in [0.1, 0.15) is 51.7 Å². The van der Waals surface area contributed by atoms with Crippen LogP contribution in [0, 0.1) is 5.21 Å². The van der Waals surface area contributed by atoms with Gasteiger partial charge in [0, 0.05) is 25.5 Å². The van der Waals surface area contributed by atoms with Crippen LogP contribution in [0.2, 0.25) is 0 Å². The Morgan fingerprint density at radius 1 is 1.08 bits per heavy atom. The van der Waals surface area contributed by atoms with E-state index in [0.29, 0.717) is 31.2 Å². The molecular formula is C18H27NO6. The molecule has 0 saturated carbocycles. The molecule has 140 valence electrons. The van der Waals surface area contributed by atoms with E-state index in [2.05, 4.69) is 0 Å². The number of carbonyl (C=O) groups is 2. The highest BCUT2D eigenvalue weighted by molar-refractivity contribution is 5.66. The largest absolute Gasteiger partial charge is 0.595 e. The van der Waals surface area contributed by atoms with E-state index < -0.39 is 5.23 Å². The average molecular weight is 353 g/mol. The molecule has 0 aliphatic heterocycles. The number of benzene rings is 1. The quantitative estimate of drug-likeness (QED) is 0.519. The Balaban J connectivity index is 2.72. The van der Waals surface area contributed by atoms with Crippen molar-refractivity contribution in [3.05, 3.63) is 34.5 Å². The van der Waals surface area contributed by atoms with Gasteiger partial charge < -0.3 is 14.7 Å². The number of esters is 2. The SMILES string of the molecule is CC(=O)O[C@H](C)CCc1ccc(CC[C@H](C)OC(C)=O)c([NH+]([O-])O)c1. The maximum Gasteiger partial charge on any atom is 0.302 e. The summed E-state index contributed by atoms with van der Waals surface area (Å²) in [7, 11) is 0. The Kier molecular flexibility index (Phi) is 8.54. The molecule has 0 heterocycles. The van der Waals surface area contributed by atoms with Crippen LogP contribution in [0.4, 0.5) is 5.69 Å². The third-order valence-electron chi connectivity index (χ3n) is 3.80. The fourth-order valence-corrected chi connectivity index (χ4v) is 2.61. The van der Waals surface area contributed by atoms with Gasteiger partial charge in [0.15, 0.2) is 5.69 Å². The average Bonchev–Trinajstić information content (AvgIpc) is 2.49. The van der Waals surface area contributed by atoms with Crippen molar-refractivity contribution >= 4 is 17.6 Å². The molecule has 0 aromatic heterocycles. The lowest BCUT2D eigenvalue weighted by molar-refractivity contribution is -0.991. The maximum absolute atomic E-state index is 11.5. The van der Waals surface area contributed by atoms with Gasteiger partial charge in [0.05, 0.1) is 12.2 Å². The first-order valence-electron chi connectivity index (χ1n) is 8.38. The Morgan fingerprint density at radius 3 is 2.08 bits per heavy atom. The van der Waals surface area contributed by atoms with Crippen molar-refractivity contribution in [2.75, 3.05) is 0 Å². The first-order valence-corrected chi connectivity index (χ1v) is 8.38. The highest BCUT2D eigenvalue weighted by Gasteiger charge is 2.14. The second kappa shape index (κ2) is 10.1. The Labute approximate surface area is 148 Å². The van der Waals surface area contributed by atoms with Crippen molar-refractivity contribution in [1.29, 1.82) is 0 Å². The van der Waals surface area contributed by atoms with Crippen LogP contribution in [0.15, 0.2) is 18.2 Å². The standard InChI is InChI=1S/C18H27NO6/c1-12(24-14(3)20)5-7-16-8-10-17(18(11-16)19(22)23)9-6-13(2)25-15(4)21/h8,10-13,19,22H,5-7,9H2,1-4H3/t12-,13+/m1/s1. The van der Waals surface area contributed by atoms with Crippen LogP contribution in [0.25, 0.3) is 0 Å². The summed E-state index contributed by atoms with van der Waals surface area (Å²) in [4.78, 5) is 21.8. The Bertz CT molecular complexity index is 587. The van der Waals surface area contributed by atoms with Gasteiger partial charge in [0.25, 0.3) is 0 Å². The normalized spacial score (nSPS) is 14.5. The Morgan fingerprint density at radius 2 is 1.60 bits per heavy atom. The van der Waals surface area contributed by atoms with Crippen LogP contribution in [0.5, 0.6) is 0 Å². The molecule has 1 unspecified atom stereocenters. The molecule has 1 aromatic carbocycles. The zero-order chi connectivity index (χ0) is 19.0. The molecular weight excluding hydrogens is 326 g/mol. The summed E-state index contributed by atoms with van der Waals surface area (Å²) < 4.78 is 10.1. The van der Waals surface area contributed by atoms with E-state index in [1.807, 2.05) is 13.0 Å². The summed E-state index contributed by atoms with van der Waals surface area (Å²) in [6, 6.07) is 5.35. The van der Waals surface area contributed by atoms with Crippen molar-refractivity contribution in [1.82, 2.24) is 0 Å². The molecule has 7 heteroatoms. The lowest BCUT2D eigenvalue weighted by atomic mass is 10.00. The monoisotopic (exact) mass is 353 g/mol. The lowest BCUT2D eigenvalue weighted by Gasteiger charge is -2.19. The van der Waals surface area contributed by atoms with Crippen LogP contribution in [-0.2, 0) is 31.9 Å². The number of nitrogens with one attached hydrogen (secondary N) is 1. The minimum absolute atomic E-state index is 0.213. The van der Waals surface area contributed by atoms with E-state index >= 15 is 0 Å². The molecule has 0 saturated heterocycles. The van der Waals surface area contributed by atoms with E-state index in [-0.39, 0.29) is 29.8 Å². The molecule has 7 nitrogen and oxygen atoms in total. The van der Waals surface area contributed by atoms with Crippen molar-refractivity contribution in [3.8, 4) is 0 Å². The van der Waals surface area contributed by atoms with Gasteiger partial charge in [-0.25, -0.2) is 5.21 Å². The number of quaternary nitrogens is 1. The number of ether oxygens (including phenoxy) is 2. The summed E-state index contributed by atoms with van der Waals surface area (Å²) >= 11 is 0. The van der Waals surface area contributed by atoms with Crippen molar-refractivity contribution in [3.63, 3.8) is 0 Å². The third kappa shape index (κ3) is 8.11. The number of hydrogen-bond donors (Lipinski definition) is 2. The smallest absolute Gasteiger partial charge is 0.302 e. The second-order valence-corrected chi connectivity index (χ2v) is 6.21. The second-order valence-electron chi connectivity index (χ2n) is 6.21. The topological polar surface area (TPSA) is 100 Å². The predicted octanol–water partition coefficient (Wildman–Crippen LogP) is 1.86. The zero-order valence-electron chi connectivity index (χ0n) is 15.2. The summed E-state index contributed by atoms with van der Waals surface area (Å²) in [5, 5.41) is 20.0. The van der Waals surface area contributed by atoms with Gasteiger partial charge in [-0.1, -0.05) is 12.1 Å². The van der Waals surface area contributed by atoms with Crippen LogP contribution < -0.4 is 5.23 Å². The molecule has 1 aromatic rings. The number of hydrogen-bond acceptors (Lipinski definition) is 6. The molecule has 0 amide bonds. The van der Waals surface area contributed by atoms with Gasteiger partial charge in [0.1, 0.15) is 0 Å². The summed E-state index contributed by atoms with van der Waals surface area (Å²) in [5.74, 6) is -0.667. The van der Waals surface area contributed by atoms with Crippen LogP contribution >= 0.6 is 0 Å². The molecule has 0 aliphatic carbocycles. The highest BCUT2D eigenvalue weighted by Crippen LogP contribution is 2.19. The number of aryl methyl sites for hydroxylation is 2. The van der Waals surface area contributed by atoms with E-state index in [1.54, 1.807) is 19.1 Å². The molecule has 25 heavy (non-hydrogen) atoms. The first-order chi connectivity index (χ1) is 11.7. The number of rotatable bonds is 9. The fraction of sp³-hybridized carbons (Fsp3) is 0.556. The van der Waals surface area contributed by atoms with Crippen molar-refractivity contribution in [2.45, 2.75) is 65.6 Å². The molecule has 0 aliphatic rings. The predicted molar refractivity (Wildman–Crippen MR) is 91.3 cm³/mol. The molecule has 1 rings (SSSR count). The third-order valence-corrected chi connectivity index (χ3v) is 3.80. The lowest BCUT2D eigenvalue weighted by Crippen LogP contribution is -2.99. The summed E-state index contributed by atoms with van der Waals surface area (Å²) in [6.07, 6.45) is 1.85. The maximum atomic E-state index is 11.5. The molecule has 0 bridgehead atoms. The van der Waals surface area contributed by atoms with Gasteiger partial charge >= 0.3 is 11.9 Å². The summed E-state index contributed by atoms with van der Waals surface area (Å²) in [6.45, 7) is 6.31. The molecule has 0 radical (unpaired) electrons. The van der Waals surface area contributed by atoms with Crippen LogP contribution in [0.3, 0.4) is 0 Å². The van der Waals surface area contributed by atoms with E-state index in [9.17, 15) is 20.0 Å². The van der Waals surface area contributed by atoms with Gasteiger partial charge in [-0.2, -0.15) is 5.23 Å². The molecule has 3 atom stereocenters. The summed E-state index contributed by atoms with van der Waals surface area (Å²) in [5.41, 5.74) is 1.85. The van der Waals surface area contributed by atoms with Crippen LogP contribution in [-0.4, -0.2) is 29.4 Å². The van der Waals surface area contributed by atoms with Gasteiger partial charge in [-0.15, -0.1) is 0 Å². The van der Waals surface area contributed by atoms with Crippen molar-refractivity contribution < 1.29 is 29.5 Å². The van der Waals surface area contributed by atoms with Gasteiger partial charge in [-0.3, -0.25) is 9.59 Å². The molecule has 2 N–H and O–H groups in total. The zero-order valence-corrected chi connectivity index (χ0v) is 15.2. The first kappa shape index (κ1) is 21.1. The van der Waals surface area contributed by atoms with E-state index in [4.69, 9.17) is 9.47 Å². The molecule has 0 spiro atoms. The number of carbonyl (C=O) groups excluding carboxylic acids is 2. The van der Waals surface area contributed by atoms with E-state index in [1.165, 1.54) is 13.8 Å². The molecule has 0 fully saturated rings. The van der Waals surface area contributed by atoms with Gasteiger partial charge in [-0.05, 0) is 45.1 Å². The fourth-order valence-electron chi connectivity index (χ4n) is 2.61. The van der Waals surface area contributed by atoms with Crippen molar-refractivity contribution in [2.24, 2.45) is 0 Å².